The van der Waals surface area contributed by atoms with Crippen LogP contribution in [0.25, 0.3) is 0 Å². The molecular weight excluding hydrogens is 222 g/mol. The Bertz CT molecular complexity index is 352. The van der Waals surface area contributed by atoms with Gasteiger partial charge >= 0.3 is 0 Å². The van der Waals surface area contributed by atoms with Gasteiger partial charge < -0.3 is 10.1 Å². The van der Waals surface area contributed by atoms with E-state index in [9.17, 15) is 0 Å². The molecule has 1 aliphatic rings. The van der Waals surface area contributed by atoms with E-state index in [0.717, 1.165) is 13.2 Å². The van der Waals surface area contributed by atoms with Crippen LogP contribution >= 0.6 is 0 Å². The summed E-state index contributed by atoms with van der Waals surface area (Å²) in [6, 6.07) is 9.52. The van der Waals surface area contributed by atoms with Gasteiger partial charge in [0.2, 0.25) is 0 Å². The molecule has 1 aliphatic heterocycles. The van der Waals surface area contributed by atoms with Crippen molar-refractivity contribution in [2.24, 2.45) is 5.92 Å². The zero-order valence-electron chi connectivity index (χ0n) is 11.8. The van der Waals surface area contributed by atoms with Crippen LogP contribution in [0.5, 0.6) is 0 Å². The van der Waals surface area contributed by atoms with Crippen molar-refractivity contribution in [3.63, 3.8) is 0 Å². The Morgan fingerprint density at radius 1 is 1.22 bits per heavy atom. The summed E-state index contributed by atoms with van der Waals surface area (Å²) in [5.41, 5.74) is 2.81. The minimum Gasteiger partial charge on any atom is -0.381 e. The van der Waals surface area contributed by atoms with Crippen molar-refractivity contribution >= 4 is 0 Å². The van der Waals surface area contributed by atoms with Crippen LogP contribution in [0.15, 0.2) is 24.3 Å². The van der Waals surface area contributed by atoms with E-state index in [2.05, 4.69) is 50.5 Å². The Labute approximate surface area is 111 Å². The molecule has 0 spiro atoms. The van der Waals surface area contributed by atoms with E-state index in [0.29, 0.717) is 17.9 Å². The summed E-state index contributed by atoms with van der Waals surface area (Å²) < 4.78 is 5.46. The summed E-state index contributed by atoms with van der Waals surface area (Å²) in [4.78, 5) is 0. The van der Waals surface area contributed by atoms with E-state index in [4.69, 9.17) is 4.74 Å². The van der Waals surface area contributed by atoms with E-state index in [1.165, 1.54) is 24.0 Å². The lowest BCUT2D eigenvalue weighted by atomic mass is 9.92. The van der Waals surface area contributed by atoms with Crippen LogP contribution in [-0.4, -0.2) is 20.3 Å². The third kappa shape index (κ3) is 3.33. The molecule has 1 fully saturated rings. The minimum atomic E-state index is 0.456. The Morgan fingerprint density at radius 2 is 1.89 bits per heavy atom. The highest BCUT2D eigenvalue weighted by atomic mass is 16.5. The Hall–Kier alpha value is -0.860. The molecular formula is C16H25NO. The summed E-state index contributed by atoms with van der Waals surface area (Å²) in [6.45, 7) is 6.34. The van der Waals surface area contributed by atoms with Crippen molar-refractivity contribution in [3.8, 4) is 0 Å². The molecule has 1 aromatic rings. The Kier molecular flexibility index (Phi) is 4.79. The number of ether oxygens (including phenoxy) is 1. The molecule has 0 radical (unpaired) electrons. The van der Waals surface area contributed by atoms with Crippen LogP contribution in [-0.2, 0) is 4.74 Å². The van der Waals surface area contributed by atoms with Crippen LogP contribution in [0.2, 0.25) is 0 Å². The van der Waals surface area contributed by atoms with Crippen molar-refractivity contribution in [3.05, 3.63) is 35.4 Å². The van der Waals surface area contributed by atoms with Gasteiger partial charge in [-0.15, -0.1) is 0 Å². The topological polar surface area (TPSA) is 21.3 Å². The first-order chi connectivity index (χ1) is 8.70. The fraction of sp³-hybridized carbons (Fsp3) is 0.625. The zero-order valence-corrected chi connectivity index (χ0v) is 11.8. The van der Waals surface area contributed by atoms with Gasteiger partial charge in [0.05, 0.1) is 0 Å². The van der Waals surface area contributed by atoms with E-state index in [-0.39, 0.29) is 0 Å². The lowest BCUT2D eigenvalue weighted by Gasteiger charge is -2.20. The number of hydrogen-bond acceptors (Lipinski definition) is 2. The molecule has 18 heavy (non-hydrogen) atoms. The Morgan fingerprint density at radius 3 is 2.39 bits per heavy atom. The summed E-state index contributed by atoms with van der Waals surface area (Å²) in [5.74, 6) is 1.32. The van der Waals surface area contributed by atoms with E-state index in [1.807, 2.05) is 0 Å². The molecule has 2 nitrogen and oxygen atoms in total. The molecule has 2 atom stereocenters. The maximum absolute atomic E-state index is 5.46. The van der Waals surface area contributed by atoms with Crippen LogP contribution in [0.4, 0.5) is 0 Å². The van der Waals surface area contributed by atoms with Gasteiger partial charge in [-0.05, 0) is 42.9 Å². The highest BCUT2D eigenvalue weighted by Gasteiger charge is 2.20. The average Bonchev–Trinajstić information content (AvgIpc) is 2.89. The fourth-order valence-corrected chi connectivity index (χ4v) is 2.64. The third-order valence-corrected chi connectivity index (χ3v) is 3.95. The lowest BCUT2D eigenvalue weighted by Crippen LogP contribution is -2.20. The van der Waals surface area contributed by atoms with Crippen molar-refractivity contribution in [1.82, 2.24) is 5.32 Å². The third-order valence-electron chi connectivity index (χ3n) is 3.95. The molecule has 0 aliphatic carbocycles. The number of benzene rings is 1. The second-order valence-corrected chi connectivity index (χ2v) is 5.63. The molecule has 0 amide bonds. The molecule has 100 valence electrons. The summed E-state index contributed by atoms with van der Waals surface area (Å²) in [7, 11) is 2.05. The molecule has 2 rings (SSSR count). The minimum absolute atomic E-state index is 0.456. The molecule has 1 saturated heterocycles. The van der Waals surface area contributed by atoms with Gasteiger partial charge in [0.1, 0.15) is 0 Å². The first-order valence-corrected chi connectivity index (χ1v) is 7.05. The highest BCUT2D eigenvalue weighted by Crippen LogP contribution is 2.27. The van der Waals surface area contributed by atoms with Gasteiger partial charge in [-0.1, -0.05) is 38.1 Å². The van der Waals surface area contributed by atoms with Crippen molar-refractivity contribution < 1.29 is 4.74 Å². The second-order valence-electron chi connectivity index (χ2n) is 5.63. The van der Waals surface area contributed by atoms with E-state index in [1.54, 1.807) is 0 Å². The summed E-state index contributed by atoms with van der Waals surface area (Å²) in [6.07, 6.45) is 2.39. The lowest BCUT2D eigenvalue weighted by molar-refractivity contribution is 0.181. The SMILES string of the molecule is CNC(CC1CCOC1)c1ccc(C(C)C)cc1. The first kappa shape index (κ1) is 13.6. The summed E-state index contributed by atoms with van der Waals surface area (Å²) in [5, 5.41) is 3.44. The molecule has 0 bridgehead atoms. The molecule has 1 heterocycles. The van der Waals surface area contributed by atoms with E-state index < -0.39 is 0 Å². The van der Waals surface area contributed by atoms with Crippen molar-refractivity contribution in [2.45, 2.75) is 38.6 Å². The molecule has 2 heteroatoms. The number of hydrogen-bond donors (Lipinski definition) is 1. The normalized spacial score (nSPS) is 21.4. The van der Waals surface area contributed by atoms with Gasteiger partial charge in [-0.2, -0.15) is 0 Å². The molecule has 0 aromatic heterocycles. The predicted molar refractivity (Wildman–Crippen MR) is 75.9 cm³/mol. The molecule has 1 N–H and O–H groups in total. The van der Waals surface area contributed by atoms with Gasteiger partial charge in [-0.25, -0.2) is 0 Å². The monoisotopic (exact) mass is 247 g/mol. The maximum atomic E-state index is 5.46. The largest absolute Gasteiger partial charge is 0.381 e. The summed E-state index contributed by atoms with van der Waals surface area (Å²) >= 11 is 0. The average molecular weight is 247 g/mol. The first-order valence-electron chi connectivity index (χ1n) is 7.05. The second kappa shape index (κ2) is 6.35. The van der Waals surface area contributed by atoms with E-state index >= 15 is 0 Å². The predicted octanol–water partition coefficient (Wildman–Crippen LogP) is 3.50. The van der Waals surface area contributed by atoms with Crippen LogP contribution in [0, 0.1) is 5.92 Å². The smallest absolute Gasteiger partial charge is 0.0495 e. The molecule has 0 saturated carbocycles. The zero-order chi connectivity index (χ0) is 13.0. The van der Waals surface area contributed by atoms with Crippen LogP contribution in [0.3, 0.4) is 0 Å². The van der Waals surface area contributed by atoms with Crippen molar-refractivity contribution in [1.29, 1.82) is 0 Å². The Balaban J connectivity index is 2.02. The van der Waals surface area contributed by atoms with Gasteiger partial charge in [0.25, 0.3) is 0 Å². The standard InChI is InChI=1S/C16H25NO/c1-12(2)14-4-6-15(7-5-14)16(17-3)10-13-8-9-18-11-13/h4-7,12-13,16-17H,8-11H2,1-3H3. The number of rotatable bonds is 5. The number of nitrogens with one attached hydrogen (secondary N) is 1. The maximum Gasteiger partial charge on any atom is 0.0495 e. The van der Waals surface area contributed by atoms with Crippen LogP contribution < -0.4 is 5.32 Å². The van der Waals surface area contributed by atoms with Gasteiger partial charge in [-0.3, -0.25) is 0 Å². The molecule has 2 unspecified atom stereocenters. The van der Waals surface area contributed by atoms with Crippen molar-refractivity contribution in [2.75, 3.05) is 20.3 Å². The van der Waals surface area contributed by atoms with Gasteiger partial charge in [0.15, 0.2) is 0 Å². The molecule has 1 aromatic carbocycles. The van der Waals surface area contributed by atoms with Gasteiger partial charge in [0, 0.05) is 19.3 Å². The fourth-order valence-electron chi connectivity index (χ4n) is 2.64. The quantitative estimate of drug-likeness (QED) is 0.860. The highest BCUT2D eigenvalue weighted by molar-refractivity contribution is 5.26. The van der Waals surface area contributed by atoms with Crippen LogP contribution in [0.1, 0.15) is 49.8 Å².